The lowest BCUT2D eigenvalue weighted by atomic mass is 9.94. The summed E-state index contributed by atoms with van der Waals surface area (Å²) < 4.78 is 25.4. The van der Waals surface area contributed by atoms with Gasteiger partial charge >= 0.3 is 0 Å². The summed E-state index contributed by atoms with van der Waals surface area (Å²) in [7, 11) is -3.17. The molecule has 0 bridgehead atoms. The number of likely N-dealkylation sites (tertiary alicyclic amines) is 1. The van der Waals surface area contributed by atoms with Crippen molar-refractivity contribution in [2.45, 2.75) is 38.6 Å². The molecule has 0 saturated carbocycles. The summed E-state index contributed by atoms with van der Waals surface area (Å²) in [6, 6.07) is 9.22. The number of piperidine rings is 2. The summed E-state index contributed by atoms with van der Waals surface area (Å²) in [4.78, 5) is 26.9. The third kappa shape index (κ3) is 4.91. The number of rotatable bonds is 5. The summed E-state index contributed by atoms with van der Waals surface area (Å²) in [6.45, 7) is 3.76. The van der Waals surface area contributed by atoms with E-state index in [4.69, 9.17) is 0 Å². The molecule has 28 heavy (non-hydrogen) atoms. The van der Waals surface area contributed by atoms with Gasteiger partial charge in [-0.05, 0) is 44.7 Å². The van der Waals surface area contributed by atoms with E-state index in [0.29, 0.717) is 44.6 Å². The van der Waals surface area contributed by atoms with Gasteiger partial charge in [0.15, 0.2) is 0 Å². The van der Waals surface area contributed by atoms with Crippen molar-refractivity contribution in [3.05, 3.63) is 35.9 Å². The van der Waals surface area contributed by atoms with Crippen molar-refractivity contribution in [3.8, 4) is 0 Å². The fourth-order valence-electron chi connectivity index (χ4n) is 3.92. The molecular formula is C20H29N3O4S. The number of benzene rings is 1. The predicted molar refractivity (Wildman–Crippen MR) is 107 cm³/mol. The highest BCUT2D eigenvalue weighted by Gasteiger charge is 2.33. The molecule has 2 amide bonds. The van der Waals surface area contributed by atoms with Crippen LogP contribution in [0.15, 0.2) is 30.3 Å². The van der Waals surface area contributed by atoms with Crippen molar-refractivity contribution >= 4 is 21.8 Å². The summed E-state index contributed by atoms with van der Waals surface area (Å²) >= 11 is 0. The fraction of sp³-hybridized carbons (Fsp3) is 0.600. The van der Waals surface area contributed by atoms with Crippen molar-refractivity contribution < 1.29 is 18.0 Å². The summed E-state index contributed by atoms with van der Waals surface area (Å²) in [6.07, 6.45) is 2.66. The van der Waals surface area contributed by atoms with Crippen LogP contribution in [0, 0.1) is 5.92 Å². The van der Waals surface area contributed by atoms with Crippen LogP contribution in [0.2, 0.25) is 0 Å². The monoisotopic (exact) mass is 407 g/mol. The summed E-state index contributed by atoms with van der Waals surface area (Å²) in [5.41, 5.74) is 0.648. The van der Waals surface area contributed by atoms with E-state index < -0.39 is 10.0 Å². The van der Waals surface area contributed by atoms with Crippen LogP contribution in [0.4, 0.5) is 0 Å². The fourth-order valence-corrected chi connectivity index (χ4v) is 5.06. The first-order valence-electron chi connectivity index (χ1n) is 10.0. The third-order valence-corrected chi connectivity index (χ3v) is 7.62. The molecule has 1 N–H and O–H groups in total. The van der Waals surface area contributed by atoms with Crippen molar-refractivity contribution in [2.24, 2.45) is 5.92 Å². The normalized spacial score (nSPS) is 20.1. The van der Waals surface area contributed by atoms with Gasteiger partial charge in [-0.25, -0.2) is 12.7 Å². The van der Waals surface area contributed by atoms with E-state index in [1.807, 2.05) is 23.1 Å². The quantitative estimate of drug-likeness (QED) is 0.801. The van der Waals surface area contributed by atoms with Gasteiger partial charge < -0.3 is 10.2 Å². The number of nitrogens with zero attached hydrogens (tertiary/aromatic N) is 2. The molecule has 1 aromatic rings. The zero-order valence-electron chi connectivity index (χ0n) is 16.3. The average molecular weight is 408 g/mol. The predicted octanol–water partition coefficient (Wildman–Crippen LogP) is 1.47. The Morgan fingerprint density at radius 3 is 2.18 bits per heavy atom. The van der Waals surface area contributed by atoms with Gasteiger partial charge in [0.2, 0.25) is 15.9 Å². The lowest BCUT2D eigenvalue weighted by Gasteiger charge is -2.37. The highest BCUT2D eigenvalue weighted by Crippen LogP contribution is 2.23. The molecule has 1 aromatic carbocycles. The highest BCUT2D eigenvalue weighted by molar-refractivity contribution is 7.89. The minimum Gasteiger partial charge on any atom is -0.349 e. The minimum atomic E-state index is -3.17. The Morgan fingerprint density at radius 2 is 1.61 bits per heavy atom. The molecule has 0 aliphatic carbocycles. The second-order valence-electron chi connectivity index (χ2n) is 7.51. The lowest BCUT2D eigenvalue weighted by Crippen LogP contribution is -2.50. The van der Waals surface area contributed by atoms with E-state index in [-0.39, 0.29) is 29.5 Å². The Labute approximate surface area is 167 Å². The van der Waals surface area contributed by atoms with Gasteiger partial charge in [-0.2, -0.15) is 0 Å². The molecule has 2 aliphatic heterocycles. The summed E-state index contributed by atoms with van der Waals surface area (Å²) in [5, 5.41) is 3.05. The Bertz CT molecular complexity index is 781. The van der Waals surface area contributed by atoms with Gasteiger partial charge in [0.05, 0.1) is 5.75 Å². The third-order valence-electron chi connectivity index (χ3n) is 5.74. The van der Waals surface area contributed by atoms with Crippen molar-refractivity contribution in [1.29, 1.82) is 0 Å². The van der Waals surface area contributed by atoms with E-state index in [2.05, 4.69) is 5.32 Å². The molecular weight excluding hydrogens is 378 g/mol. The SMILES string of the molecule is CCS(=O)(=O)N1CCC(C(=O)N2CCC(NC(=O)c3ccccc3)CC2)CC1. The van der Waals surface area contributed by atoms with Gasteiger partial charge in [0, 0.05) is 43.7 Å². The first kappa shape index (κ1) is 20.8. The van der Waals surface area contributed by atoms with Crippen molar-refractivity contribution in [3.63, 3.8) is 0 Å². The van der Waals surface area contributed by atoms with Crippen LogP contribution in [0.5, 0.6) is 0 Å². The maximum atomic E-state index is 12.8. The van der Waals surface area contributed by atoms with E-state index in [9.17, 15) is 18.0 Å². The molecule has 2 saturated heterocycles. The Morgan fingerprint density at radius 1 is 1.00 bits per heavy atom. The maximum Gasteiger partial charge on any atom is 0.251 e. The zero-order chi connectivity index (χ0) is 20.1. The number of carbonyl (C=O) groups is 2. The Balaban J connectivity index is 1.45. The lowest BCUT2D eigenvalue weighted by molar-refractivity contribution is -0.137. The van der Waals surface area contributed by atoms with Crippen LogP contribution in [0.3, 0.4) is 0 Å². The van der Waals surface area contributed by atoms with Crippen LogP contribution in [-0.2, 0) is 14.8 Å². The van der Waals surface area contributed by atoms with Gasteiger partial charge in [-0.15, -0.1) is 0 Å². The number of hydrogen-bond donors (Lipinski definition) is 1. The van der Waals surface area contributed by atoms with E-state index in [1.54, 1.807) is 19.1 Å². The van der Waals surface area contributed by atoms with Gasteiger partial charge in [-0.3, -0.25) is 9.59 Å². The molecule has 8 heteroatoms. The van der Waals surface area contributed by atoms with Crippen LogP contribution < -0.4 is 5.32 Å². The number of hydrogen-bond acceptors (Lipinski definition) is 4. The van der Waals surface area contributed by atoms with Gasteiger partial charge in [-0.1, -0.05) is 18.2 Å². The van der Waals surface area contributed by atoms with E-state index in [1.165, 1.54) is 4.31 Å². The average Bonchev–Trinajstić information content (AvgIpc) is 2.74. The molecule has 0 aromatic heterocycles. The minimum absolute atomic E-state index is 0.0742. The molecule has 0 atom stereocenters. The molecule has 0 radical (unpaired) electrons. The van der Waals surface area contributed by atoms with E-state index in [0.717, 1.165) is 12.8 Å². The van der Waals surface area contributed by atoms with Crippen LogP contribution in [0.1, 0.15) is 43.0 Å². The van der Waals surface area contributed by atoms with Gasteiger partial charge in [0.25, 0.3) is 5.91 Å². The highest BCUT2D eigenvalue weighted by atomic mass is 32.2. The first-order valence-corrected chi connectivity index (χ1v) is 11.6. The topological polar surface area (TPSA) is 86.8 Å². The molecule has 7 nitrogen and oxygen atoms in total. The number of sulfonamides is 1. The number of carbonyl (C=O) groups excluding carboxylic acids is 2. The van der Waals surface area contributed by atoms with Crippen molar-refractivity contribution in [2.75, 3.05) is 31.9 Å². The maximum absolute atomic E-state index is 12.8. The standard InChI is InChI=1S/C20H29N3O4S/c1-2-28(26,27)23-14-8-17(9-15-23)20(25)22-12-10-18(11-13-22)21-19(24)16-6-4-3-5-7-16/h3-7,17-18H,2,8-15H2,1H3,(H,21,24). The smallest absolute Gasteiger partial charge is 0.251 e. The Hall–Kier alpha value is -1.93. The number of amides is 2. The molecule has 2 aliphatic rings. The molecule has 2 heterocycles. The molecule has 2 fully saturated rings. The number of nitrogens with one attached hydrogen (secondary N) is 1. The van der Waals surface area contributed by atoms with Crippen LogP contribution in [0.25, 0.3) is 0 Å². The van der Waals surface area contributed by atoms with Crippen LogP contribution in [-0.4, -0.2) is 67.4 Å². The Kier molecular flexibility index (Phi) is 6.72. The second-order valence-corrected chi connectivity index (χ2v) is 9.77. The summed E-state index contributed by atoms with van der Waals surface area (Å²) in [5.74, 6) is 0.0587. The largest absolute Gasteiger partial charge is 0.349 e. The molecule has 0 unspecified atom stereocenters. The van der Waals surface area contributed by atoms with E-state index >= 15 is 0 Å². The zero-order valence-corrected chi connectivity index (χ0v) is 17.2. The molecule has 3 rings (SSSR count). The first-order chi connectivity index (χ1) is 13.4. The van der Waals surface area contributed by atoms with Crippen molar-refractivity contribution in [1.82, 2.24) is 14.5 Å². The molecule has 0 spiro atoms. The molecule has 154 valence electrons. The van der Waals surface area contributed by atoms with Gasteiger partial charge in [0.1, 0.15) is 0 Å². The second kappa shape index (κ2) is 9.05. The van der Waals surface area contributed by atoms with Crippen LogP contribution >= 0.6 is 0 Å².